The molecule has 0 aromatic heterocycles. The number of nitrogens with zero attached hydrogens (tertiary/aromatic N) is 1. The van der Waals surface area contributed by atoms with E-state index in [0.29, 0.717) is 11.3 Å². The SMILES string of the molecule is Nc1c(Cl)cc(N=Cc2cccc(C(F)(F)F)c2)cc1Cl. The number of benzene rings is 2. The number of nitrogens with two attached hydrogens (primary N) is 1. The van der Waals surface area contributed by atoms with Gasteiger partial charge in [-0.15, -0.1) is 0 Å². The summed E-state index contributed by atoms with van der Waals surface area (Å²) >= 11 is 11.7. The molecule has 2 aromatic carbocycles. The maximum Gasteiger partial charge on any atom is 0.416 e. The van der Waals surface area contributed by atoms with E-state index < -0.39 is 11.7 Å². The molecule has 21 heavy (non-hydrogen) atoms. The highest BCUT2D eigenvalue weighted by atomic mass is 35.5. The van der Waals surface area contributed by atoms with Gasteiger partial charge in [-0.05, 0) is 29.8 Å². The van der Waals surface area contributed by atoms with Crippen LogP contribution in [-0.4, -0.2) is 6.21 Å². The van der Waals surface area contributed by atoms with E-state index >= 15 is 0 Å². The topological polar surface area (TPSA) is 38.4 Å². The molecule has 0 amide bonds. The largest absolute Gasteiger partial charge is 0.416 e. The summed E-state index contributed by atoms with van der Waals surface area (Å²) in [5.41, 5.74) is 5.79. The first kappa shape index (κ1) is 15.7. The molecule has 7 heteroatoms. The summed E-state index contributed by atoms with van der Waals surface area (Å²) in [7, 11) is 0. The van der Waals surface area contributed by atoms with Crippen LogP contribution in [0, 0.1) is 0 Å². The van der Waals surface area contributed by atoms with Crippen LogP contribution >= 0.6 is 23.2 Å². The lowest BCUT2D eigenvalue weighted by atomic mass is 10.1. The van der Waals surface area contributed by atoms with Gasteiger partial charge in [0.2, 0.25) is 0 Å². The van der Waals surface area contributed by atoms with Crippen molar-refractivity contribution in [1.82, 2.24) is 0 Å². The van der Waals surface area contributed by atoms with Crippen molar-refractivity contribution in [1.29, 1.82) is 0 Å². The standard InChI is InChI=1S/C14H9Cl2F3N2/c15-11-5-10(6-12(16)13(11)20)21-7-8-2-1-3-9(4-8)14(17,18)19/h1-7H,20H2. The summed E-state index contributed by atoms with van der Waals surface area (Å²) in [6, 6.07) is 7.78. The van der Waals surface area contributed by atoms with Gasteiger partial charge in [-0.25, -0.2) is 0 Å². The van der Waals surface area contributed by atoms with Crippen LogP contribution in [0.15, 0.2) is 41.4 Å². The summed E-state index contributed by atoms with van der Waals surface area (Å²) in [4.78, 5) is 4.05. The van der Waals surface area contributed by atoms with E-state index in [0.717, 1.165) is 12.1 Å². The minimum absolute atomic E-state index is 0.233. The molecule has 2 rings (SSSR count). The molecule has 0 heterocycles. The van der Waals surface area contributed by atoms with Crippen molar-refractivity contribution in [3.63, 3.8) is 0 Å². The molecule has 0 unspecified atom stereocenters. The first-order valence-electron chi connectivity index (χ1n) is 5.73. The first-order valence-corrected chi connectivity index (χ1v) is 6.49. The molecule has 0 saturated carbocycles. The summed E-state index contributed by atoms with van der Waals surface area (Å²) in [5, 5.41) is 0.470. The van der Waals surface area contributed by atoms with Crippen molar-refractivity contribution in [3.05, 3.63) is 57.6 Å². The minimum Gasteiger partial charge on any atom is -0.396 e. The second kappa shape index (κ2) is 5.95. The van der Waals surface area contributed by atoms with Gasteiger partial charge in [-0.3, -0.25) is 4.99 Å². The second-order valence-corrected chi connectivity index (χ2v) is 5.02. The number of rotatable bonds is 2. The third kappa shape index (κ3) is 3.89. The Kier molecular flexibility index (Phi) is 4.44. The molecule has 2 aromatic rings. The van der Waals surface area contributed by atoms with Crippen LogP contribution in [0.1, 0.15) is 11.1 Å². The van der Waals surface area contributed by atoms with Gasteiger partial charge in [0.25, 0.3) is 0 Å². The molecule has 0 aliphatic rings. The van der Waals surface area contributed by atoms with Crippen LogP contribution in [0.3, 0.4) is 0 Å². The lowest BCUT2D eigenvalue weighted by Crippen LogP contribution is -2.04. The Morgan fingerprint density at radius 2 is 1.67 bits per heavy atom. The lowest BCUT2D eigenvalue weighted by Gasteiger charge is -2.06. The average Bonchev–Trinajstić information content (AvgIpc) is 2.42. The number of hydrogen-bond acceptors (Lipinski definition) is 2. The summed E-state index contributed by atoms with van der Waals surface area (Å²) in [5.74, 6) is 0. The van der Waals surface area contributed by atoms with Crippen molar-refractivity contribution in [2.45, 2.75) is 6.18 Å². The van der Waals surface area contributed by atoms with Gasteiger partial charge in [-0.2, -0.15) is 13.2 Å². The van der Waals surface area contributed by atoms with Crippen LogP contribution in [0.5, 0.6) is 0 Å². The lowest BCUT2D eigenvalue weighted by molar-refractivity contribution is -0.137. The Labute approximate surface area is 129 Å². The number of anilines is 1. The molecular weight excluding hydrogens is 324 g/mol. The van der Waals surface area contributed by atoms with E-state index in [1.54, 1.807) is 0 Å². The third-order valence-electron chi connectivity index (χ3n) is 2.64. The molecule has 0 radical (unpaired) electrons. The minimum atomic E-state index is -4.39. The Bertz CT molecular complexity index is 674. The molecule has 0 fully saturated rings. The molecule has 0 spiro atoms. The molecule has 0 atom stereocenters. The molecule has 0 aliphatic carbocycles. The van der Waals surface area contributed by atoms with E-state index in [9.17, 15) is 13.2 Å². The van der Waals surface area contributed by atoms with E-state index in [2.05, 4.69) is 4.99 Å². The van der Waals surface area contributed by atoms with E-state index in [1.807, 2.05) is 0 Å². The molecule has 110 valence electrons. The van der Waals surface area contributed by atoms with Gasteiger partial charge in [0.05, 0.1) is 27.0 Å². The molecule has 0 bridgehead atoms. The monoisotopic (exact) mass is 332 g/mol. The van der Waals surface area contributed by atoms with Crippen LogP contribution in [0.2, 0.25) is 10.0 Å². The highest BCUT2D eigenvalue weighted by Crippen LogP contribution is 2.32. The molecule has 2 N–H and O–H groups in total. The number of hydrogen-bond donors (Lipinski definition) is 1. The fourth-order valence-corrected chi connectivity index (χ4v) is 2.07. The summed E-state index contributed by atoms with van der Waals surface area (Å²) < 4.78 is 37.8. The van der Waals surface area contributed by atoms with E-state index in [4.69, 9.17) is 28.9 Å². The quantitative estimate of drug-likeness (QED) is 0.584. The fraction of sp³-hybridized carbons (Fsp3) is 0.0714. The zero-order valence-corrected chi connectivity index (χ0v) is 12.0. The molecule has 0 saturated heterocycles. The van der Waals surface area contributed by atoms with E-state index in [1.165, 1.54) is 30.5 Å². The van der Waals surface area contributed by atoms with Crippen molar-refractivity contribution in [2.75, 3.05) is 5.73 Å². The first-order chi connectivity index (χ1) is 9.77. The Morgan fingerprint density at radius 1 is 1.05 bits per heavy atom. The van der Waals surface area contributed by atoms with Crippen LogP contribution in [-0.2, 0) is 6.18 Å². The van der Waals surface area contributed by atoms with Gasteiger partial charge in [0, 0.05) is 6.21 Å². The van der Waals surface area contributed by atoms with Crippen LogP contribution in [0.4, 0.5) is 24.5 Å². The van der Waals surface area contributed by atoms with Gasteiger partial charge in [0.1, 0.15) is 0 Å². The third-order valence-corrected chi connectivity index (χ3v) is 3.27. The number of nitrogen functional groups attached to an aromatic ring is 1. The number of alkyl halides is 3. The molecule has 0 aliphatic heterocycles. The zero-order valence-electron chi connectivity index (χ0n) is 10.5. The summed E-state index contributed by atoms with van der Waals surface area (Å²) in [6.45, 7) is 0. The van der Waals surface area contributed by atoms with Gasteiger partial charge >= 0.3 is 6.18 Å². The molecular formula is C14H9Cl2F3N2. The zero-order chi connectivity index (χ0) is 15.6. The van der Waals surface area contributed by atoms with Gasteiger partial charge in [0.15, 0.2) is 0 Å². The Balaban J connectivity index is 2.30. The predicted molar refractivity (Wildman–Crippen MR) is 79.6 cm³/mol. The van der Waals surface area contributed by atoms with Crippen molar-refractivity contribution in [2.24, 2.45) is 4.99 Å². The average molecular weight is 333 g/mol. The number of halogens is 5. The van der Waals surface area contributed by atoms with Gasteiger partial charge in [-0.1, -0.05) is 35.3 Å². The molecule has 2 nitrogen and oxygen atoms in total. The second-order valence-electron chi connectivity index (χ2n) is 4.20. The fourth-order valence-electron chi connectivity index (χ4n) is 1.59. The Hall–Kier alpha value is -1.72. The van der Waals surface area contributed by atoms with Crippen molar-refractivity contribution < 1.29 is 13.2 Å². The Morgan fingerprint density at radius 3 is 2.24 bits per heavy atom. The smallest absolute Gasteiger partial charge is 0.396 e. The number of aliphatic imine (C=N–C) groups is 1. The maximum atomic E-state index is 12.6. The highest BCUT2D eigenvalue weighted by Gasteiger charge is 2.30. The normalized spacial score (nSPS) is 12.0. The predicted octanol–water partition coefficient (Wildman–Crippen LogP) is 5.35. The highest BCUT2D eigenvalue weighted by molar-refractivity contribution is 6.39. The maximum absolute atomic E-state index is 12.6. The van der Waals surface area contributed by atoms with Crippen LogP contribution < -0.4 is 5.73 Å². The van der Waals surface area contributed by atoms with Crippen LogP contribution in [0.25, 0.3) is 0 Å². The summed E-state index contributed by atoms with van der Waals surface area (Å²) in [6.07, 6.45) is -3.09. The van der Waals surface area contributed by atoms with Crippen molar-refractivity contribution in [3.8, 4) is 0 Å². The van der Waals surface area contributed by atoms with Crippen molar-refractivity contribution >= 4 is 40.8 Å². The van der Waals surface area contributed by atoms with E-state index in [-0.39, 0.29) is 15.7 Å². The van der Waals surface area contributed by atoms with Gasteiger partial charge < -0.3 is 5.73 Å².